The van der Waals surface area contributed by atoms with Crippen molar-refractivity contribution in [3.05, 3.63) is 63.4 Å². The van der Waals surface area contributed by atoms with Crippen LogP contribution in [0.3, 0.4) is 0 Å². The largest absolute Gasteiger partial charge is 0.483 e. The summed E-state index contributed by atoms with van der Waals surface area (Å²) in [6, 6.07) is 13.9. The summed E-state index contributed by atoms with van der Waals surface area (Å²) >= 11 is 4.85. The third-order valence-corrected chi connectivity index (χ3v) is 5.11. The summed E-state index contributed by atoms with van der Waals surface area (Å²) in [5.41, 5.74) is 4.15. The predicted molar refractivity (Wildman–Crippen MR) is 110 cm³/mol. The molecule has 1 heterocycles. The van der Waals surface area contributed by atoms with Gasteiger partial charge >= 0.3 is 0 Å². The maximum atomic E-state index is 12.2. The molecule has 0 radical (unpaired) electrons. The maximum absolute atomic E-state index is 12.2. The van der Waals surface area contributed by atoms with Gasteiger partial charge in [-0.2, -0.15) is 0 Å². The molecule has 6 heteroatoms. The van der Waals surface area contributed by atoms with Crippen LogP contribution in [0.4, 0.5) is 5.13 Å². The van der Waals surface area contributed by atoms with E-state index in [9.17, 15) is 4.79 Å². The summed E-state index contributed by atoms with van der Waals surface area (Å²) in [4.78, 5) is 16.6. The summed E-state index contributed by atoms with van der Waals surface area (Å²) in [5.74, 6) is 0.505. The zero-order chi connectivity index (χ0) is 18.5. The van der Waals surface area contributed by atoms with Gasteiger partial charge in [-0.15, -0.1) is 11.3 Å². The van der Waals surface area contributed by atoms with Gasteiger partial charge in [0.05, 0.1) is 5.69 Å². The van der Waals surface area contributed by atoms with E-state index in [1.54, 1.807) is 0 Å². The molecule has 0 atom stereocenters. The first-order chi connectivity index (χ1) is 12.5. The molecule has 2 aromatic carbocycles. The quantitative estimate of drug-likeness (QED) is 0.564. The van der Waals surface area contributed by atoms with E-state index in [4.69, 9.17) is 4.74 Å². The van der Waals surface area contributed by atoms with Crippen LogP contribution in [0.1, 0.15) is 18.1 Å². The van der Waals surface area contributed by atoms with Crippen LogP contribution in [-0.2, 0) is 11.2 Å². The number of amides is 1. The molecule has 3 rings (SSSR count). The average molecular weight is 431 g/mol. The van der Waals surface area contributed by atoms with Gasteiger partial charge in [0, 0.05) is 15.4 Å². The van der Waals surface area contributed by atoms with E-state index in [-0.39, 0.29) is 12.5 Å². The molecule has 1 N–H and O–H groups in total. The van der Waals surface area contributed by atoms with Crippen molar-refractivity contribution in [2.24, 2.45) is 0 Å². The van der Waals surface area contributed by atoms with Gasteiger partial charge < -0.3 is 4.74 Å². The summed E-state index contributed by atoms with van der Waals surface area (Å²) in [5, 5.41) is 5.30. The molecule has 1 aromatic heterocycles. The Morgan fingerprint density at radius 1 is 1.23 bits per heavy atom. The Labute approximate surface area is 165 Å². The molecule has 134 valence electrons. The highest BCUT2D eigenvalue weighted by Crippen LogP contribution is 2.26. The van der Waals surface area contributed by atoms with Gasteiger partial charge in [0.25, 0.3) is 5.91 Å². The van der Waals surface area contributed by atoms with Gasteiger partial charge in [-0.3, -0.25) is 10.1 Å². The third-order valence-electron chi connectivity index (χ3n) is 3.86. The number of carbonyl (C=O) groups excluding carboxylic acids is 1. The highest BCUT2D eigenvalue weighted by molar-refractivity contribution is 9.10. The lowest BCUT2D eigenvalue weighted by Crippen LogP contribution is -2.20. The van der Waals surface area contributed by atoms with Crippen molar-refractivity contribution in [1.29, 1.82) is 0 Å². The number of thiazole rings is 1. The van der Waals surface area contributed by atoms with Crippen LogP contribution in [0, 0.1) is 6.92 Å². The predicted octanol–water partition coefficient (Wildman–Crippen LogP) is 5.46. The Morgan fingerprint density at radius 2 is 2.00 bits per heavy atom. The molecule has 3 aromatic rings. The number of rotatable bonds is 6. The van der Waals surface area contributed by atoms with Crippen molar-refractivity contribution in [2.75, 3.05) is 11.9 Å². The van der Waals surface area contributed by atoms with Crippen molar-refractivity contribution in [3.8, 4) is 17.0 Å². The fourth-order valence-electron chi connectivity index (χ4n) is 2.45. The number of nitrogens with zero attached hydrogens (tertiary/aromatic N) is 1. The summed E-state index contributed by atoms with van der Waals surface area (Å²) in [6.07, 6.45) is 0.836. The van der Waals surface area contributed by atoms with Crippen LogP contribution < -0.4 is 10.1 Å². The number of ether oxygens (including phenoxy) is 1. The van der Waals surface area contributed by atoms with Gasteiger partial charge in [-0.1, -0.05) is 52.7 Å². The molecule has 0 spiro atoms. The molecule has 0 aliphatic carbocycles. The van der Waals surface area contributed by atoms with Crippen molar-refractivity contribution in [1.82, 2.24) is 4.98 Å². The fraction of sp³-hybridized carbons (Fsp3) is 0.200. The van der Waals surface area contributed by atoms with Crippen LogP contribution in [0.15, 0.2) is 52.3 Å². The average Bonchev–Trinajstić information content (AvgIpc) is 3.09. The lowest BCUT2D eigenvalue weighted by atomic mass is 10.1. The molecule has 4 nitrogen and oxygen atoms in total. The second-order valence-corrected chi connectivity index (χ2v) is 7.62. The second kappa shape index (κ2) is 8.47. The molecule has 26 heavy (non-hydrogen) atoms. The third kappa shape index (κ3) is 4.71. The standard InChI is InChI=1S/C20H19BrN2O2S/c1-3-14-10-16(21)8-9-18(14)25-11-19(24)23-20-22-17(12-26-20)15-6-4-13(2)5-7-15/h4-10,12H,3,11H2,1-2H3,(H,22,23,24). The SMILES string of the molecule is CCc1cc(Br)ccc1OCC(=O)Nc1nc(-c2ccc(C)cc2)cs1. The number of aromatic nitrogens is 1. The zero-order valence-corrected chi connectivity index (χ0v) is 17.0. The first kappa shape index (κ1) is 18.6. The zero-order valence-electron chi connectivity index (χ0n) is 14.6. The Morgan fingerprint density at radius 3 is 2.73 bits per heavy atom. The number of carbonyl (C=O) groups is 1. The van der Waals surface area contributed by atoms with Crippen LogP contribution in [0.5, 0.6) is 5.75 Å². The molecular formula is C20H19BrN2O2S. The lowest BCUT2D eigenvalue weighted by Gasteiger charge is -2.10. The van der Waals surface area contributed by atoms with Crippen molar-refractivity contribution in [2.45, 2.75) is 20.3 Å². The molecule has 0 aliphatic rings. The van der Waals surface area contributed by atoms with Gasteiger partial charge in [-0.05, 0) is 37.1 Å². The van der Waals surface area contributed by atoms with E-state index in [0.717, 1.165) is 33.5 Å². The maximum Gasteiger partial charge on any atom is 0.264 e. The summed E-state index contributed by atoms with van der Waals surface area (Å²) in [6.45, 7) is 4.05. The van der Waals surface area contributed by atoms with Crippen LogP contribution >= 0.6 is 27.3 Å². The number of halogens is 1. The molecule has 1 amide bonds. The highest BCUT2D eigenvalue weighted by atomic mass is 79.9. The molecule has 0 unspecified atom stereocenters. The Balaban J connectivity index is 1.60. The summed E-state index contributed by atoms with van der Waals surface area (Å²) < 4.78 is 6.66. The van der Waals surface area contributed by atoms with Gasteiger partial charge in [0.2, 0.25) is 0 Å². The number of aryl methyl sites for hydroxylation is 2. The number of nitrogens with one attached hydrogen (secondary N) is 1. The van der Waals surface area contributed by atoms with Gasteiger partial charge in [0.15, 0.2) is 11.7 Å². The van der Waals surface area contributed by atoms with E-state index in [1.807, 2.05) is 54.8 Å². The molecule has 0 saturated heterocycles. The van der Waals surface area contributed by atoms with Crippen molar-refractivity contribution in [3.63, 3.8) is 0 Å². The van der Waals surface area contributed by atoms with Crippen LogP contribution in [-0.4, -0.2) is 17.5 Å². The molecular weight excluding hydrogens is 412 g/mol. The first-order valence-corrected chi connectivity index (χ1v) is 9.96. The minimum Gasteiger partial charge on any atom is -0.483 e. The number of hydrogen-bond acceptors (Lipinski definition) is 4. The van der Waals surface area contributed by atoms with Crippen molar-refractivity contribution >= 4 is 38.3 Å². The second-order valence-electron chi connectivity index (χ2n) is 5.85. The van der Waals surface area contributed by atoms with Crippen molar-refractivity contribution < 1.29 is 9.53 Å². The summed E-state index contributed by atoms with van der Waals surface area (Å²) in [7, 11) is 0. The minimum absolute atomic E-state index is 0.0475. The molecule has 0 saturated carbocycles. The first-order valence-electron chi connectivity index (χ1n) is 8.29. The van der Waals surface area contributed by atoms with Crippen LogP contribution in [0.25, 0.3) is 11.3 Å². The topological polar surface area (TPSA) is 51.2 Å². The molecule has 0 bridgehead atoms. The Hall–Kier alpha value is -2.18. The minimum atomic E-state index is -0.222. The fourth-order valence-corrected chi connectivity index (χ4v) is 3.60. The smallest absolute Gasteiger partial charge is 0.264 e. The lowest BCUT2D eigenvalue weighted by molar-refractivity contribution is -0.118. The van der Waals surface area contributed by atoms with Gasteiger partial charge in [-0.25, -0.2) is 4.98 Å². The van der Waals surface area contributed by atoms with Gasteiger partial charge in [0.1, 0.15) is 5.75 Å². The Bertz CT molecular complexity index is 906. The van der Waals surface area contributed by atoms with E-state index in [1.165, 1.54) is 16.9 Å². The number of hydrogen-bond donors (Lipinski definition) is 1. The number of benzene rings is 2. The monoisotopic (exact) mass is 430 g/mol. The number of anilines is 1. The molecule has 0 aliphatic heterocycles. The van der Waals surface area contributed by atoms with E-state index in [2.05, 4.69) is 33.2 Å². The normalized spacial score (nSPS) is 10.6. The molecule has 0 fully saturated rings. The van der Waals surface area contributed by atoms with E-state index < -0.39 is 0 Å². The van der Waals surface area contributed by atoms with E-state index in [0.29, 0.717) is 5.13 Å². The Kier molecular flexibility index (Phi) is 6.06. The van der Waals surface area contributed by atoms with E-state index >= 15 is 0 Å². The highest BCUT2D eigenvalue weighted by Gasteiger charge is 2.10. The van der Waals surface area contributed by atoms with Crippen LogP contribution in [0.2, 0.25) is 0 Å².